The van der Waals surface area contributed by atoms with Crippen LogP contribution in [0.5, 0.6) is 23.0 Å². The Labute approximate surface area is 153 Å². The van der Waals surface area contributed by atoms with Crippen LogP contribution < -0.4 is 18.9 Å². The smallest absolute Gasteiger partial charge is 0.203 e. The minimum atomic E-state index is -0.286. The molecule has 2 aromatic rings. The standard InChI is InChI=1S/C20H24O6/c1-21-15-7-5-13(6-8-15)18-19(26-10-9-25-18)14-11-16(22-2)20(24-4)17(12-14)23-3/h5-8,11-12,18-19H,9-10H2,1-4H3/t18-,19+/m1/s1. The van der Waals surface area contributed by atoms with Crippen LogP contribution in [0.25, 0.3) is 0 Å². The Morgan fingerprint density at radius 1 is 0.692 bits per heavy atom. The number of rotatable bonds is 6. The predicted molar refractivity (Wildman–Crippen MR) is 96.5 cm³/mol. The van der Waals surface area contributed by atoms with E-state index >= 15 is 0 Å². The van der Waals surface area contributed by atoms with Crippen molar-refractivity contribution in [2.75, 3.05) is 41.7 Å². The van der Waals surface area contributed by atoms with Gasteiger partial charge in [0.25, 0.3) is 0 Å². The van der Waals surface area contributed by atoms with Gasteiger partial charge in [0.05, 0.1) is 41.7 Å². The molecule has 26 heavy (non-hydrogen) atoms. The zero-order chi connectivity index (χ0) is 18.5. The molecule has 6 heteroatoms. The Hall–Kier alpha value is -2.44. The van der Waals surface area contributed by atoms with Crippen molar-refractivity contribution in [3.8, 4) is 23.0 Å². The van der Waals surface area contributed by atoms with E-state index < -0.39 is 0 Å². The third kappa shape index (κ3) is 3.57. The monoisotopic (exact) mass is 360 g/mol. The van der Waals surface area contributed by atoms with E-state index in [1.807, 2.05) is 36.4 Å². The molecule has 2 aromatic carbocycles. The normalized spacial score (nSPS) is 19.7. The van der Waals surface area contributed by atoms with Gasteiger partial charge in [-0.15, -0.1) is 0 Å². The summed E-state index contributed by atoms with van der Waals surface area (Å²) in [5.41, 5.74) is 1.92. The molecule has 0 aliphatic carbocycles. The molecule has 0 bridgehead atoms. The minimum Gasteiger partial charge on any atom is -0.497 e. The lowest BCUT2D eigenvalue weighted by molar-refractivity contribution is -0.145. The summed E-state index contributed by atoms with van der Waals surface area (Å²) in [7, 11) is 6.43. The molecule has 0 amide bonds. The number of methoxy groups -OCH3 is 4. The van der Waals surface area contributed by atoms with E-state index in [2.05, 4.69) is 0 Å². The molecular formula is C20H24O6. The summed E-state index contributed by atoms with van der Waals surface area (Å²) in [5, 5.41) is 0. The fourth-order valence-electron chi connectivity index (χ4n) is 3.13. The van der Waals surface area contributed by atoms with Crippen molar-refractivity contribution in [1.29, 1.82) is 0 Å². The topological polar surface area (TPSA) is 55.4 Å². The summed E-state index contributed by atoms with van der Waals surface area (Å²) in [6.45, 7) is 1.06. The molecule has 0 N–H and O–H groups in total. The second kappa shape index (κ2) is 8.29. The lowest BCUT2D eigenvalue weighted by Gasteiger charge is -2.33. The quantitative estimate of drug-likeness (QED) is 0.785. The second-order valence-corrected chi connectivity index (χ2v) is 5.81. The Morgan fingerprint density at radius 2 is 1.23 bits per heavy atom. The van der Waals surface area contributed by atoms with E-state index in [1.54, 1.807) is 28.4 Å². The maximum atomic E-state index is 6.05. The Bertz CT molecular complexity index is 703. The molecule has 2 atom stereocenters. The Morgan fingerprint density at radius 3 is 1.69 bits per heavy atom. The van der Waals surface area contributed by atoms with Crippen LogP contribution in [-0.4, -0.2) is 41.7 Å². The molecule has 1 saturated heterocycles. The molecule has 1 fully saturated rings. The molecule has 1 heterocycles. The lowest BCUT2D eigenvalue weighted by atomic mass is 9.96. The number of ether oxygens (including phenoxy) is 6. The summed E-state index contributed by atoms with van der Waals surface area (Å²) in [5.74, 6) is 2.53. The molecule has 3 rings (SSSR count). The van der Waals surface area contributed by atoms with Gasteiger partial charge in [0.15, 0.2) is 11.5 Å². The van der Waals surface area contributed by atoms with Gasteiger partial charge in [0.1, 0.15) is 18.0 Å². The van der Waals surface area contributed by atoms with Crippen LogP contribution in [0.3, 0.4) is 0 Å². The fourth-order valence-corrected chi connectivity index (χ4v) is 3.13. The summed E-state index contributed by atoms with van der Waals surface area (Å²) >= 11 is 0. The first-order valence-electron chi connectivity index (χ1n) is 8.38. The van der Waals surface area contributed by atoms with Crippen LogP contribution in [0, 0.1) is 0 Å². The molecular weight excluding hydrogens is 336 g/mol. The first-order valence-corrected chi connectivity index (χ1v) is 8.38. The fraction of sp³-hybridized carbons (Fsp3) is 0.400. The van der Waals surface area contributed by atoms with Crippen molar-refractivity contribution in [3.63, 3.8) is 0 Å². The predicted octanol–water partition coefficient (Wildman–Crippen LogP) is 3.55. The SMILES string of the molecule is COc1ccc([C@H]2OCCO[C@H]2c2cc(OC)c(OC)c(OC)c2)cc1. The molecule has 0 radical (unpaired) electrons. The number of hydrogen-bond acceptors (Lipinski definition) is 6. The van der Waals surface area contributed by atoms with Crippen LogP contribution in [0.15, 0.2) is 36.4 Å². The van der Waals surface area contributed by atoms with Gasteiger partial charge in [0.2, 0.25) is 5.75 Å². The van der Waals surface area contributed by atoms with Crippen LogP contribution in [0.2, 0.25) is 0 Å². The average molecular weight is 360 g/mol. The van der Waals surface area contributed by atoms with Gasteiger partial charge < -0.3 is 28.4 Å². The highest BCUT2D eigenvalue weighted by Gasteiger charge is 2.31. The molecule has 6 nitrogen and oxygen atoms in total. The minimum absolute atomic E-state index is 0.238. The molecule has 1 aliphatic rings. The van der Waals surface area contributed by atoms with Crippen molar-refractivity contribution in [1.82, 2.24) is 0 Å². The summed E-state index contributed by atoms with van der Waals surface area (Å²) in [6, 6.07) is 11.6. The lowest BCUT2D eigenvalue weighted by Crippen LogP contribution is -2.26. The van der Waals surface area contributed by atoms with Crippen molar-refractivity contribution in [3.05, 3.63) is 47.5 Å². The molecule has 0 unspecified atom stereocenters. The van der Waals surface area contributed by atoms with Crippen molar-refractivity contribution >= 4 is 0 Å². The molecule has 0 spiro atoms. The van der Waals surface area contributed by atoms with Crippen molar-refractivity contribution < 1.29 is 28.4 Å². The van der Waals surface area contributed by atoms with Crippen molar-refractivity contribution in [2.24, 2.45) is 0 Å². The van der Waals surface area contributed by atoms with E-state index in [0.29, 0.717) is 30.5 Å². The highest BCUT2D eigenvalue weighted by atomic mass is 16.6. The first kappa shape index (κ1) is 18.4. The van der Waals surface area contributed by atoms with E-state index in [1.165, 1.54) is 0 Å². The molecule has 140 valence electrons. The van der Waals surface area contributed by atoms with Gasteiger partial charge in [-0.05, 0) is 35.4 Å². The Balaban J connectivity index is 1.99. The van der Waals surface area contributed by atoms with Gasteiger partial charge in [0, 0.05) is 0 Å². The van der Waals surface area contributed by atoms with Gasteiger partial charge >= 0.3 is 0 Å². The van der Waals surface area contributed by atoms with Gasteiger partial charge in [-0.2, -0.15) is 0 Å². The molecule has 0 aromatic heterocycles. The highest BCUT2D eigenvalue weighted by molar-refractivity contribution is 5.54. The zero-order valence-electron chi connectivity index (χ0n) is 15.5. The first-order chi connectivity index (χ1) is 12.7. The Kier molecular flexibility index (Phi) is 5.85. The second-order valence-electron chi connectivity index (χ2n) is 5.81. The van der Waals surface area contributed by atoms with Crippen LogP contribution >= 0.6 is 0 Å². The van der Waals surface area contributed by atoms with Crippen molar-refractivity contribution in [2.45, 2.75) is 12.2 Å². The van der Waals surface area contributed by atoms with E-state index in [9.17, 15) is 0 Å². The zero-order valence-corrected chi connectivity index (χ0v) is 15.5. The molecule has 0 saturated carbocycles. The third-order valence-electron chi connectivity index (χ3n) is 4.41. The summed E-state index contributed by atoms with van der Waals surface area (Å²) in [4.78, 5) is 0. The van der Waals surface area contributed by atoms with Crippen LogP contribution in [0.4, 0.5) is 0 Å². The average Bonchev–Trinajstić information content (AvgIpc) is 2.72. The van der Waals surface area contributed by atoms with E-state index in [4.69, 9.17) is 28.4 Å². The summed E-state index contributed by atoms with van der Waals surface area (Å²) in [6.07, 6.45) is -0.525. The molecule has 1 aliphatic heterocycles. The van der Waals surface area contributed by atoms with Gasteiger partial charge in [-0.25, -0.2) is 0 Å². The van der Waals surface area contributed by atoms with E-state index in [0.717, 1.165) is 16.9 Å². The maximum absolute atomic E-state index is 6.05. The van der Waals surface area contributed by atoms with Crippen LogP contribution in [0.1, 0.15) is 23.3 Å². The van der Waals surface area contributed by atoms with Crippen LogP contribution in [-0.2, 0) is 9.47 Å². The largest absolute Gasteiger partial charge is 0.497 e. The van der Waals surface area contributed by atoms with Gasteiger partial charge in [-0.3, -0.25) is 0 Å². The maximum Gasteiger partial charge on any atom is 0.203 e. The highest BCUT2D eigenvalue weighted by Crippen LogP contribution is 2.44. The number of benzene rings is 2. The van der Waals surface area contributed by atoms with Gasteiger partial charge in [-0.1, -0.05) is 12.1 Å². The summed E-state index contributed by atoms with van der Waals surface area (Å²) < 4.78 is 33.6. The van der Waals surface area contributed by atoms with E-state index in [-0.39, 0.29) is 12.2 Å². The third-order valence-corrected chi connectivity index (χ3v) is 4.41. The number of hydrogen-bond donors (Lipinski definition) is 0.